The number of rotatable bonds is 5. The number of hydrogen-bond acceptors (Lipinski definition) is 4. The molecule has 1 N–H and O–H groups in total. The number of amides is 1. The van der Waals surface area contributed by atoms with Gasteiger partial charge in [0.15, 0.2) is 10.6 Å². The lowest BCUT2D eigenvalue weighted by Gasteiger charge is -2.40. The smallest absolute Gasteiger partial charge is 0.224 e. The monoisotopic (exact) mass is 421 g/mol. The van der Waals surface area contributed by atoms with Gasteiger partial charge in [-0.25, -0.2) is 0 Å². The molecule has 0 radical (unpaired) electrons. The maximum Gasteiger partial charge on any atom is 0.224 e. The Kier molecular flexibility index (Phi) is 6.11. The highest BCUT2D eigenvalue weighted by atomic mass is 32.1. The van der Waals surface area contributed by atoms with E-state index in [-0.39, 0.29) is 11.9 Å². The first kappa shape index (κ1) is 20.5. The zero-order chi connectivity index (χ0) is 21.1. The van der Waals surface area contributed by atoms with Crippen LogP contribution in [0.4, 0.5) is 0 Å². The van der Waals surface area contributed by atoms with Crippen LogP contribution in [-0.4, -0.2) is 57.2 Å². The van der Waals surface area contributed by atoms with Crippen molar-refractivity contribution in [2.75, 3.05) is 26.7 Å². The molecule has 0 bridgehead atoms. The number of aromatic amines is 1. The van der Waals surface area contributed by atoms with Crippen LogP contribution in [0.1, 0.15) is 23.6 Å². The third-order valence-electron chi connectivity index (χ3n) is 5.67. The van der Waals surface area contributed by atoms with E-state index in [9.17, 15) is 4.79 Å². The number of carbonyl (C=O) groups excluding carboxylic acids is 1. The van der Waals surface area contributed by atoms with Gasteiger partial charge in [0.25, 0.3) is 0 Å². The van der Waals surface area contributed by atoms with Crippen LogP contribution in [0.5, 0.6) is 0 Å². The minimum Gasteiger partial charge on any atom is -0.333 e. The van der Waals surface area contributed by atoms with Crippen molar-refractivity contribution >= 4 is 18.1 Å². The number of aromatic nitrogens is 3. The maximum absolute atomic E-state index is 13.2. The van der Waals surface area contributed by atoms with Gasteiger partial charge in [-0.05, 0) is 37.8 Å². The van der Waals surface area contributed by atoms with Crippen LogP contribution in [0.2, 0.25) is 0 Å². The second-order valence-corrected chi connectivity index (χ2v) is 8.29. The van der Waals surface area contributed by atoms with Crippen LogP contribution in [-0.2, 0) is 11.3 Å². The molecule has 0 saturated carbocycles. The van der Waals surface area contributed by atoms with Gasteiger partial charge in [-0.2, -0.15) is 5.10 Å². The molecule has 1 saturated heterocycles. The molecule has 7 heteroatoms. The molecule has 1 fully saturated rings. The molecule has 1 aliphatic rings. The van der Waals surface area contributed by atoms with E-state index in [0.717, 1.165) is 36.6 Å². The van der Waals surface area contributed by atoms with Crippen molar-refractivity contribution in [3.05, 3.63) is 70.5 Å². The number of nitrogens with zero attached hydrogens (tertiary/aromatic N) is 4. The third kappa shape index (κ3) is 4.37. The highest BCUT2D eigenvalue weighted by molar-refractivity contribution is 7.71. The van der Waals surface area contributed by atoms with Crippen molar-refractivity contribution < 1.29 is 4.79 Å². The lowest BCUT2D eigenvalue weighted by atomic mass is 10.0. The fraction of sp³-hybridized carbons (Fsp3) is 0.348. The minimum atomic E-state index is 0.0750. The molecule has 2 aromatic carbocycles. The minimum absolute atomic E-state index is 0.0750. The van der Waals surface area contributed by atoms with E-state index in [2.05, 4.69) is 53.3 Å². The Bertz CT molecular complexity index is 1070. The Hall–Kier alpha value is -2.77. The summed E-state index contributed by atoms with van der Waals surface area (Å²) in [6.45, 7) is 5.02. The van der Waals surface area contributed by atoms with Gasteiger partial charge in [0.05, 0.1) is 6.04 Å². The van der Waals surface area contributed by atoms with E-state index in [4.69, 9.17) is 12.2 Å². The maximum atomic E-state index is 13.2. The zero-order valence-corrected chi connectivity index (χ0v) is 18.2. The Morgan fingerprint density at radius 3 is 2.73 bits per heavy atom. The van der Waals surface area contributed by atoms with Gasteiger partial charge < -0.3 is 9.80 Å². The molecule has 2 heterocycles. The number of likely N-dealkylation sites (N-methyl/N-ethyl adjacent to an activating group) is 1. The van der Waals surface area contributed by atoms with Crippen LogP contribution in [0, 0.1) is 11.7 Å². The Morgan fingerprint density at radius 1 is 1.17 bits per heavy atom. The highest BCUT2D eigenvalue weighted by Crippen LogP contribution is 2.26. The highest BCUT2D eigenvalue weighted by Gasteiger charge is 2.30. The molecule has 1 unspecified atom stereocenters. The summed E-state index contributed by atoms with van der Waals surface area (Å²) in [5.41, 5.74) is 3.33. The van der Waals surface area contributed by atoms with E-state index in [1.54, 1.807) is 0 Å². The largest absolute Gasteiger partial charge is 0.333 e. The summed E-state index contributed by atoms with van der Waals surface area (Å²) in [6, 6.07) is 18.5. The lowest BCUT2D eigenvalue weighted by Crippen LogP contribution is -2.49. The summed E-state index contributed by atoms with van der Waals surface area (Å²) in [7, 11) is 2.11. The summed E-state index contributed by atoms with van der Waals surface area (Å²) in [4.78, 5) is 17.5. The summed E-state index contributed by atoms with van der Waals surface area (Å²) < 4.78 is 2.47. The van der Waals surface area contributed by atoms with Gasteiger partial charge in [-0.15, -0.1) is 0 Å². The number of benzene rings is 2. The first-order valence-electron chi connectivity index (χ1n) is 10.3. The van der Waals surface area contributed by atoms with Crippen LogP contribution >= 0.6 is 12.2 Å². The number of aryl methyl sites for hydroxylation is 1. The SMILES string of the molecule is Cc1cccc(-c2n[nH]c(=S)n2CCC(=O)N2CCN(C)CC2c2ccccc2)c1. The third-order valence-corrected chi connectivity index (χ3v) is 5.98. The van der Waals surface area contributed by atoms with Crippen molar-refractivity contribution in [1.82, 2.24) is 24.6 Å². The van der Waals surface area contributed by atoms with Crippen molar-refractivity contribution in [1.29, 1.82) is 0 Å². The number of hydrogen-bond donors (Lipinski definition) is 1. The summed E-state index contributed by atoms with van der Waals surface area (Å²) >= 11 is 5.44. The molecule has 1 amide bonds. The summed E-state index contributed by atoms with van der Waals surface area (Å²) in [5, 5.41) is 7.29. The topological polar surface area (TPSA) is 57.2 Å². The Balaban J connectivity index is 1.52. The van der Waals surface area contributed by atoms with Crippen molar-refractivity contribution in [2.24, 2.45) is 0 Å². The molecule has 0 spiro atoms. The average Bonchev–Trinajstić information content (AvgIpc) is 3.13. The van der Waals surface area contributed by atoms with Gasteiger partial charge in [0.2, 0.25) is 5.91 Å². The van der Waals surface area contributed by atoms with Crippen molar-refractivity contribution in [2.45, 2.75) is 25.9 Å². The fourth-order valence-corrected chi connectivity index (χ4v) is 4.28. The molecule has 6 nitrogen and oxygen atoms in total. The van der Waals surface area contributed by atoms with Gasteiger partial charge in [0.1, 0.15) is 0 Å². The van der Waals surface area contributed by atoms with Gasteiger partial charge in [0, 0.05) is 38.2 Å². The van der Waals surface area contributed by atoms with E-state index in [1.807, 2.05) is 39.8 Å². The molecule has 1 aromatic heterocycles. The quantitative estimate of drug-likeness (QED) is 0.637. The number of piperazine rings is 1. The zero-order valence-electron chi connectivity index (χ0n) is 17.4. The van der Waals surface area contributed by atoms with Gasteiger partial charge >= 0.3 is 0 Å². The molecule has 1 atom stereocenters. The van der Waals surface area contributed by atoms with Crippen LogP contribution in [0.25, 0.3) is 11.4 Å². The number of carbonyl (C=O) groups is 1. The van der Waals surface area contributed by atoms with Gasteiger partial charge in [-0.1, -0.05) is 54.1 Å². The molecule has 4 rings (SSSR count). The number of nitrogens with one attached hydrogen (secondary N) is 1. The fourth-order valence-electron chi connectivity index (χ4n) is 4.06. The van der Waals surface area contributed by atoms with Crippen molar-refractivity contribution in [3.63, 3.8) is 0 Å². The van der Waals surface area contributed by atoms with E-state index in [0.29, 0.717) is 17.7 Å². The normalized spacial score (nSPS) is 17.3. The first-order chi connectivity index (χ1) is 14.5. The van der Waals surface area contributed by atoms with Crippen LogP contribution < -0.4 is 0 Å². The number of H-pyrrole nitrogens is 1. The second kappa shape index (κ2) is 8.93. The van der Waals surface area contributed by atoms with E-state index in [1.165, 1.54) is 5.56 Å². The molecular formula is C23H27N5OS. The van der Waals surface area contributed by atoms with Crippen LogP contribution in [0.3, 0.4) is 0 Å². The Morgan fingerprint density at radius 2 is 1.97 bits per heavy atom. The van der Waals surface area contributed by atoms with E-state index >= 15 is 0 Å². The predicted molar refractivity (Wildman–Crippen MR) is 121 cm³/mol. The average molecular weight is 422 g/mol. The second-order valence-electron chi connectivity index (χ2n) is 7.90. The molecule has 156 valence electrons. The predicted octanol–water partition coefficient (Wildman–Crippen LogP) is 3.82. The summed E-state index contributed by atoms with van der Waals surface area (Å²) in [5.74, 6) is 0.921. The van der Waals surface area contributed by atoms with Crippen LogP contribution in [0.15, 0.2) is 54.6 Å². The molecule has 0 aliphatic carbocycles. The molecule has 30 heavy (non-hydrogen) atoms. The van der Waals surface area contributed by atoms with Crippen molar-refractivity contribution in [3.8, 4) is 11.4 Å². The Labute approximate surface area is 182 Å². The lowest BCUT2D eigenvalue weighted by molar-refractivity contribution is -0.136. The first-order valence-corrected chi connectivity index (χ1v) is 10.7. The molecule has 1 aliphatic heterocycles. The summed E-state index contributed by atoms with van der Waals surface area (Å²) in [6.07, 6.45) is 0.389. The molecule has 3 aromatic rings. The van der Waals surface area contributed by atoms with E-state index < -0.39 is 0 Å². The van der Waals surface area contributed by atoms with Gasteiger partial charge in [-0.3, -0.25) is 14.5 Å². The standard InChI is InChI=1S/C23H27N5OS/c1-17-7-6-10-19(15-17)22-24-25-23(30)28(22)12-11-21(29)27-14-13-26(2)16-20(27)18-8-4-3-5-9-18/h3-10,15,20H,11-14,16H2,1-2H3,(H,25,30). The molecular weight excluding hydrogens is 394 g/mol.